The van der Waals surface area contributed by atoms with E-state index in [-0.39, 0.29) is 6.04 Å². The number of benzene rings is 1. The van der Waals surface area contributed by atoms with Gasteiger partial charge in [-0.15, -0.1) is 0 Å². The topological polar surface area (TPSA) is 72.6 Å². The lowest BCUT2D eigenvalue weighted by Crippen LogP contribution is -2.39. The molecule has 1 atom stereocenters. The van der Waals surface area contributed by atoms with Crippen LogP contribution in [0.15, 0.2) is 17.0 Å². The molecule has 1 heterocycles. The zero-order chi connectivity index (χ0) is 14.9. The summed E-state index contributed by atoms with van der Waals surface area (Å²) in [5, 5.41) is 0. The van der Waals surface area contributed by atoms with E-state index in [1.54, 1.807) is 19.2 Å². The van der Waals surface area contributed by atoms with Crippen LogP contribution in [-0.4, -0.2) is 39.0 Å². The highest BCUT2D eigenvalue weighted by Gasteiger charge is 2.34. The number of methoxy groups -OCH3 is 1. The predicted octanol–water partition coefficient (Wildman–Crippen LogP) is 1.42. The van der Waals surface area contributed by atoms with Gasteiger partial charge >= 0.3 is 0 Å². The minimum absolute atomic E-state index is 0.0808. The molecule has 0 bridgehead atoms. The van der Waals surface area contributed by atoms with Crippen LogP contribution >= 0.6 is 0 Å². The second kappa shape index (κ2) is 5.71. The maximum absolute atomic E-state index is 12.7. The van der Waals surface area contributed by atoms with Gasteiger partial charge in [-0.05, 0) is 49.9 Å². The molecule has 1 fully saturated rings. The minimum Gasteiger partial charge on any atom is -0.496 e. The molecule has 0 saturated carbocycles. The summed E-state index contributed by atoms with van der Waals surface area (Å²) in [5.74, 6) is 0.737. The summed E-state index contributed by atoms with van der Waals surface area (Å²) in [4.78, 5) is 0.327. The number of sulfonamides is 1. The monoisotopic (exact) mass is 298 g/mol. The van der Waals surface area contributed by atoms with Crippen LogP contribution in [0.4, 0.5) is 0 Å². The van der Waals surface area contributed by atoms with Gasteiger partial charge in [-0.1, -0.05) is 0 Å². The van der Waals surface area contributed by atoms with Crippen LogP contribution in [-0.2, 0) is 10.0 Å². The van der Waals surface area contributed by atoms with Crippen molar-refractivity contribution in [1.82, 2.24) is 4.31 Å². The van der Waals surface area contributed by atoms with Gasteiger partial charge in [0.25, 0.3) is 0 Å². The Hall–Kier alpha value is -1.11. The van der Waals surface area contributed by atoms with Crippen molar-refractivity contribution in [3.8, 4) is 5.75 Å². The van der Waals surface area contributed by atoms with Gasteiger partial charge in [0.2, 0.25) is 10.0 Å². The first kappa shape index (κ1) is 15.3. The number of rotatable bonds is 4. The lowest BCUT2D eigenvalue weighted by Gasteiger charge is -2.23. The maximum Gasteiger partial charge on any atom is 0.243 e. The molecule has 1 aromatic carbocycles. The molecule has 20 heavy (non-hydrogen) atoms. The summed E-state index contributed by atoms with van der Waals surface area (Å²) in [7, 11) is -1.88. The molecule has 1 aliphatic rings. The summed E-state index contributed by atoms with van der Waals surface area (Å²) in [6.45, 7) is 4.63. The third kappa shape index (κ3) is 2.55. The van der Waals surface area contributed by atoms with E-state index >= 15 is 0 Å². The lowest BCUT2D eigenvalue weighted by molar-refractivity contribution is 0.392. The summed E-state index contributed by atoms with van der Waals surface area (Å²) in [6, 6.07) is 3.27. The predicted molar refractivity (Wildman–Crippen MR) is 78.4 cm³/mol. The molecule has 1 aliphatic heterocycles. The molecule has 0 spiro atoms. The highest BCUT2D eigenvalue weighted by Crippen LogP contribution is 2.30. The molecule has 2 rings (SSSR count). The van der Waals surface area contributed by atoms with E-state index in [0.29, 0.717) is 18.0 Å². The van der Waals surface area contributed by atoms with Crippen molar-refractivity contribution in [3.05, 3.63) is 23.3 Å². The Labute approximate surface area is 120 Å². The molecule has 0 radical (unpaired) electrons. The first-order chi connectivity index (χ1) is 9.41. The molecule has 1 saturated heterocycles. The quantitative estimate of drug-likeness (QED) is 0.912. The fourth-order valence-electron chi connectivity index (χ4n) is 2.88. The van der Waals surface area contributed by atoms with Gasteiger partial charge in [-0.2, -0.15) is 4.31 Å². The molecule has 2 N–H and O–H groups in total. The van der Waals surface area contributed by atoms with Gasteiger partial charge < -0.3 is 10.5 Å². The van der Waals surface area contributed by atoms with Crippen molar-refractivity contribution >= 4 is 10.0 Å². The average Bonchev–Trinajstić information content (AvgIpc) is 2.87. The average molecular weight is 298 g/mol. The number of aryl methyl sites for hydroxylation is 2. The van der Waals surface area contributed by atoms with Crippen LogP contribution in [0.3, 0.4) is 0 Å². The largest absolute Gasteiger partial charge is 0.496 e. The summed E-state index contributed by atoms with van der Waals surface area (Å²) in [6.07, 6.45) is 1.71. The van der Waals surface area contributed by atoms with Crippen molar-refractivity contribution < 1.29 is 13.2 Å². The minimum atomic E-state index is -3.47. The van der Waals surface area contributed by atoms with Crippen molar-refractivity contribution in [2.24, 2.45) is 5.73 Å². The Morgan fingerprint density at radius 1 is 1.35 bits per heavy atom. The molecular formula is C14H22N2O3S. The number of nitrogens with zero attached hydrogens (tertiary/aromatic N) is 1. The smallest absolute Gasteiger partial charge is 0.243 e. The second-order valence-corrected chi connectivity index (χ2v) is 7.13. The number of hydrogen-bond donors (Lipinski definition) is 1. The van der Waals surface area contributed by atoms with Crippen LogP contribution in [0.5, 0.6) is 5.75 Å². The van der Waals surface area contributed by atoms with Gasteiger partial charge in [0.05, 0.1) is 12.0 Å². The molecule has 0 amide bonds. The van der Waals surface area contributed by atoms with Gasteiger partial charge in [0.1, 0.15) is 5.75 Å². The summed E-state index contributed by atoms with van der Waals surface area (Å²) < 4.78 is 32.3. The third-order valence-electron chi connectivity index (χ3n) is 3.84. The third-order valence-corrected chi connectivity index (χ3v) is 5.77. The van der Waals surface area contributed by atoms with Crippen LogP contribution < -0.4 is 10.5 Å². The van der Waals surface area contributed by atoms with Crippen molar-refractivity contribution in [3.63, 3.8) is 0 Å². The first-order valence-electron chi connectivity index (χ1n) is 6.79. The van der Waals surface area contributed by atoms with Crippen molar-refractivity contribution in [1.29, 1.82) is 0 Å². The van der Waals surface area contributed by atoms with Gasteiger partial charge in [-0.25, -0.2) is 8.42 Å². The van der Waals surface area contributed by atoms with E-state index in [1.807, 2.05) is 13.8 Å². The Morgan fingerprint density at radius 3 is 2.45 bits per heavy atom. The Morgan fingerprint density at radius 2 is 1.95 bits per heavy atom. The highest BCUT2D eigenvalue weighted by atomic mass is 32.2. The summed E-state index contributed by atoms with van der Waals surface area (Å²) >= 11 is 0. The highest BCUT2D eigenvalue weighted by molar-refractivity contribution is 7.89. The molecule has 1 aromatic rings. The Kier molecular flexibility index (Phi) is 4.36. The van der Waals surface area contributed by atoms with E-state index in [9.17, 15) is 8.42 Å². The zero-order valence-electron chi connectivity index (χ0n) is 12.2. The normalized spacial score (nSPS) is 20.3. The molecule has 0 aliphatic carbocycles. The van der Waals surface area contributed by atoms with Crippen LogP contribution in [0.2, 0.25) is 0 Å². The zero-order valence-corrected chi connectivity index (χ0v) is 13.0. The molecule has 0 aromatic heterocycles. The fourth-order valence-corrected chi connectivity index (χ4v) is 4.75. The Bertz CT molecular complexity index is 575. The molecule has 6 heteroatoms. The summed E-state index contributed by atoms with van der Waals surface area (Å²) in [5.41, 5.74) is 7.33. The maximum atomic E-state index is 12.7. The van der Waals surface area contributed by atoms with Crippen molar-refractivity contribution in [2.75, 3.05) is 20.2 Å². The number of nitrogens with two attached hydrogens (primary N) is 1. The lowest BCUT2D eigenvalue weighted by atomic mass is 10.1. The van der Waals surface area contributed by atoms with E-state index in [4.69, 9.17) is 10.5 Å². The van der Waals surface area contributed by atoms with E-state index in [1.165, 1.54) is 4.31 Å². The van der Waals surface area contributed by atoms with Crippen LogP contribution in [0.1, 0.15) is 24.0 Å². The second-order valence-electron chi connectivity index (χ2n) is 5.24. The van der Waals surface area contributed by atoms with Gasteiger partial charge in [-0.3, -0.25) is 0 Å². The SMILES string of the molecule is COc1c(C)cc(S(=O)(=O)N2CCCC2CN)cc1C. The Balaban J connectivity index is 2.45. The van der Waals surface area contributed by atoms with E-state index < -0.39 is 10.0 Å². The fraction of sp³-hybridized carbons (Fsp3) is 0.571. The molecule has 5 nitrogen and oxygen atoms in total. The van der Waals surface area contributed by atoms with Crippen LogP contribution in [0.25, 0.3) is 0 Å². The van der Waals surface area contributed by atoms with Gasteiger partial charge in [0, 0.05) is 19.1 Å². The first-order valence-corrected chi connectivity index (χ1v) is 8.23. The standard InChI is InChI=1S/C14H22N2O3S/c1-10-7-13(8-11(2)14(10)19-3)20(17,18)16-6-4-5-12(16)9-15/h7-8,12H,4-6,9,15H2,1-3H3. The molecule has 1 unspecified atom stereocenters. The number of ether oxygens (including phenoxy) is 1. The molecule has 112 valence electrons. The number of hydrogen-bond acceptors (Lipinski definition) is 4. The van der Waals surface area contributed by atoms with Crippen molar-refractivity contribution in [2.45, 2.75) is 37.6 Å². The van der Waals surface area contributed by atoms with E-state index in [2.05, 4.69) is 0 Å². The molecular weight excluding hydrogens is 276 g/mol. The van der Waals surface area contributed by atoms with E-state index in [0.717, 1.165) is 29.7 Å². The van der Waals surface area contributed by atoms with Gasteiger partial charge in [0.15, 0.2) is 0 Å². The van der Waals surface area contributed by atoms with Crippen LogP contribution in [0, 0.1) is 13.8 Å².